The van der Waals surface area contributed by atoms with Gasteiger partial charge in [-0.05, 0) is 28.1 Å². The SMILES string of the molecule is NC(c1cccc(Cl)c1F)c1ccc(Br)c(Cl)c1F. The van der Waals surface area contributed by atoms with Crippen molar-refractivity contribution < 1.29 is 8.78 Å². The van der Waals surface area contributed by atoms with Gasteiger partial charge >= 0.3 is 0 Å². The number of nitrogens with two attached hydrogens (primary N) is 1. The van der Waals surface area contributed by atoms with Crippen LogP contribution in [-0.2, 0) is 0 Å². The third-order valence-corrected chi connectivity index (χ3v) is 4.27. The molecule has 6 heteroatoms. The summed E-state index contributed by atoms with van der Waals surface area (Å²) >= 11 is 14.6. The van der Waals surface area contributed by atoms with Gasteiger partial charge in [-0.15, -0.1) is 0 Å². The average Bonchev–Trinajstić information content (AvgIpc) is 2.39. The van der Waals surface area contributed by atoms with E-state index in [1.807, 2.05) is 0 Å². The van der Waals surface area contributed by atoms with Crippen molar-refractivity contribution in [3.05, 3.63) is 67.6 Å². The smallest absolute Gasteiger partial charge is 0.148 e. The van der Waals surface area contributed by atoms with Gasteiger partial charge in [-0.1, -0.05) is 41.4 Å². The fourth-order valence-corrected chi connectivity index (χ4v) is 2.37. The van der Waals surface area contributed by atoms with Crippen LogP contribution in [0, 0.1) is 11.6 Å². The highest BCUT2D eigenvalue weighted by Crippen LogP contribution is 2.33. The molecule has 2 rings (SSSR count). The molecule has 0 aromatic heterocycles. The topological polar surface area (TPSA) is 26.0 Å². The standard InChI is InChI=1S/C13H8BrCl2F2N/c14-8-5-4-7(12(18)10(8)16)13(19)6-2-1-3-9(15)11(6)17/h1-5,13H,19H2. The first-order chi connectivity index (χ1) is 8.93. The normalized spacial score (nSPS) is 12.5. The molecule has 0 aliphatic rings. The van der Waals surface area contributed by atoms with Crippen LogP contribution >= 0.6 is 39.1 Å². The predicted molar refractivity (Wildman–Crippen MR) is 76.6 cm³/mol. The van der Waals surface area contributed by atoms with E-state index in [9.17, 15) is 8.78 Å². The van der Waals surface area contributed by atoms with Crippen molar-refractivity contribution in [1.82, 2.24) is 0 Å². The summed E-state index contributed by atoms with van der Waals surface area (Å²) in [5.41, 5.74) is 6.11. The zero-order valence-corrected chi connectivity index (χ0v) is 12.5. The zero-order valence-electron chi connectivity index (χ0n) is 9.43. The molecule has 0 bridgehead atoms. The van der Waals surface area contributed by atoms with Crippen molar-refractivity contribution in [1.29, 1.82) is 0 Å². The summed E-state index contributed by atoms with van der Waals surface area (Å²) in [7, 11) is 0. The molecule has 2 aromatic carbocycles. The van der Waals surface area contributed by atoms with Crippen LogP contribution in [0.2, 0.25) is 10.0 Å². The summed E-state index contributed by atoms with van der Waals surface area (Å²) in [6.45, 7) is 0. The molecule has 19 heavy (non-hydrogen) atoms. The maximum atomic E-state index is 14.0. The van der Waals surface area contributed by atoms with E-state index in [4.69, 9.17) is 28.9 Å². The molecule has 0 aliphatic carbocycles. The van der Waals surface area contributed by atoms with Gasteiger partial charge in [-0.2, -0.15) is 0 Å². The second kappa shape index (κ2) is 5.75. The monoisotopic (exact) mass is 365 g/mol. The van der Waals surface area contributed by atoms with Crippen LogP contribution in [-0.4, -0.2) is 0 Å². The first-order valence-corrected chi connectivity index (χ1v) is 6.81. The molecule has 100 valence electrons. The Hall–Kier alpha value is -0.680. The maximum Gasteiger partial charge on any atom is 0.148 e. The van der Waals surface area contributed by atoms with E-state index in [1.165, 1.54) is 18.2 Å². The minimum Gasteiger partial charge on any atom is -0.320 e. The molecular weight excluding hydrogens is 359 g/mol. The van der Waals surface area contributed by atoms with Gasteiger partial charge in [0.25, 0.3) is 0 Å². The summed E-state index contributed by atoms with van der Waals surface area (Å²) in [5, 5.41) is -0.146. The Morgan fingerprint density at radius 2 is 1.63 bits per heavy atom. The van der Waals surface area contributed by atoms with E-state index in [1.54, 1.807) is 12.1 Å². The number of benzene rings is 2. The van der Waals surface area contributed by atoms with Crippen molar-refractivity contribution in [3.8, 4) is 0 Å². The van der Waals surface area contributed by atoms with E-state index in [2.05, 4.69) is 15.9 Å². The number of halogens is 5. The predicted octanol–water partition coefficient (Wildman–Crippen LogP) is 5.08. The minimum atomic E-state index is -0.982. The quantitative estimate of drug-likeness (QED) is 0.736. The van der Waals surface area contributed by atoms with Crippen molar-refractivity contribution in [3.63, 3.8) is 0 Å². The highest BCUT2D eigenvalue weighted by molar-refractivity contribution is 9.10. The zero-order chi connectivity index (χ0) is 14.2. The Morgan fingerprint density at radius 1 is 1.00 bits per heavy atom. The molecular formula is C13H8BrCl2F2N. The fourth-order valence-electron chi connectivity index (χ4n) is 1.71. The first kappa shape index (κ1) is 14.7. The van der Waals surface area contributed by atoms with Crippen molar-refractivity contribution >= 4 is 39.1 Å². The summed E-state index contributed by atoms with van der Waals surface area (Å²) < 4.78 is 28.3. The van der Waals surface area contributed by atoms with Gasteiger partial charge < -0.3 is 5.73 Å². The van der Waals surface area contributed by atoms with E-state index in [0.717, 1.165) is 0 Å². The molecule has 0 aliphatic heterocycles. The molecule has 1 nitrogen and oxygen atoms in total. The number of hydrogen-bond acceptors (Lipinski definition) is 1. The van der Waals surface area contributed by atoms with E-state index >= 15 is 0 Å². The van der Waals surface area contributed by atoms with Crippen LogP contribution in [0.5, 0.6) is 0 Å². The van der Waals surface area contributed by atoms with Crippen molar-refractivity contribution in [2.45, 2.75) is 6.04 Å². The number of rotatable bonds is 2. The molecule has 1 atom stereocenters. The van der Waals surface area contributed by atoms with Gasteiger partial charge in [0.1, 0.15) is 11.6 Å². The molecule has 0 fully saturated rings. The van der Waals surface area contributed by atoms with Gasteiger partial charge in [-0.25, -0.2) is 8.78 Å². The Bertz CT molecular complexity index is 634. The fraction of sp³-hybridized carbons (Fsp3) is 0.0769. The van der Waals surface area contributed by atoms with E-state index in [0.29, 0.717) is 4.47 Å². The molecule has 0 amide bonds. The van der Waals surface area contributed by atoms with Crippen LogP contribution in [0.25, 0.3) is 0 Å². The molecule has 0 heterocycles. The number of hydrogen-bond donors (Lipinski definition) is 1. The highest BCUT2D eigenvalue weighted by atomic mass is 79.9. The summed E-state index contributed by atoms with van der Waals surface area (Å²) in [5.74, 6) is -1.34. The lowest BCUT2D eigenvalue weighted by Crippen LogP contribution is -2.15. The van der Waals surface area contributed by atoms with Crippen LogP contribution < -0.4 is 5.73 Å². The lowest BCUT2D eigenvalue weighted by molar-refractivity contribution is 0.576. The van der Waals surface area contributed by atoms with Crippen molar-refractivity contribution in [2.75, 3.05) is 0 Å². The van der Waals surface area contributed by atoms with Gasteiger partial charge in [0.2, 0.25) is 0 Å². The van der Waals surface area contributed by atoms with Crippen LogP contribution in [0.1, 0.15) is 17.2 Å². The maximum absolute atomic E-state index is 14.0. The van der Waals surface area contributed by atoms with Crippen molar-refractivity contribution in [2.24, 2.45) is 5.73 Å². The van der Waals surface area contributed by atoms with Gasteiger partial charge in [0.15, 0.2) is 0 Å². The molecule has 0 saturated heterocycles. The largest absolute Gasteiger partial charge is 0.320 e. The average molecular weight is 367 g/mol. The lowest BCUT2D eigenvalue weighted by Gasteiger charge is -2.16. The molecule has 0 radical (unpaired) electrons. The Balaban J connectivity index is 2.53. The third-order valence-electron chi connectivity index (χ3n) is 2.72. The molecule has 2 aromatic rings. The van der Waals surface area contributed by atoms with Gasteiger partial charge in [0, 0.05) is 15.6 Å². The van der Waals surface area contributed by atoms with Crippen LogP contribution in [0.4, 0.5) is 8.78 Å². The summed E-state index contributed by atoms with van der Waals surface area (Å²) in [6, 6.07) is 6.45. The summed E-state index contributed by atoms with van der Waals surface area (Å²) in [6.07, 6.45) is 0. The Kier molecular flexibility index (Phi) is 4.46. The molecule has 1 unspecified atom stereocenters. The second-order valence-electron chi connectivity index (χ2n) is 3.89. The van der Waals surface area contributed by atoms with Gasteiger partial charge in [0.05, 0.1) is 16.1 Å². The molecule has 0 spiro atoms. The lowest BCUT2D eigenvalue weighted by atomic mass is 9.98. The van der Waals surface area contributed by atoms with Gasteiger partial charge in [-0.3, -0.25) is 0 Å². The second-order valence-corrected chi connectivity index (χ2v) is 5.52. The Morgan fingerprint density at radius 3 is 2.32 bits per heavy atom. The molecule has 2 N–H and O–H groups in total. The molecule has 0 saturated carbocycles. The van der Waals surface area contributed by atoms with Crippen LogP contribution in [0.3, 0.4) is 0 Å². The Labute approximate surface area is 127 Å². The summed E-state index contributed by atoms with van der Waals surface area (Å²) in [4.78, 5) is 0. The van der Waals surface area contributed by atoms with Crippen LogP contribution in [0.15, 0.2) is 34.8 Å². The highest BCUT2D eigenvalue weighted by Gasteiger charge is 2.21. The van der Waals surface area contributed by atoms with E-state index < -0.39 is 17.7 Å². The third kappa shape index (κ3) is 2.77. The first-order valence-electron chi connectivity index (χ1n) is 5.26. The minimum absolute atomic E-state index is 0.0587. The van der Waals surface area contributed by atoms with E-state index in [-0.39, 0.29) is 21.2 Å².